The lowest BCUT2D eigenvalue weighted by Gasteiger charge is -2.11. The van der Waals surface area contributed by atoms with Crippen LogP contribution in [0, 0.1) is 0 Å². The zero-order chi connectivity index (χ0) is 20.2. The fourth-order valence-corrected chi connectivity index (χ4v) is 3.15. The van der Waals surface area contributed by atoms with Gasteiger partial charge in [-0.1, -0.05) is 19.4 Å². The third-order valence-electron chi connectivity index (χ3n) is 4.54. The minimum Gasteiger partial charge on any atom is -0.481 e. The van der Waals surface area contributed by atoms with Gasteiger partial charge in [0.15, 0.2) is 17.3 Å². The maximum atomic E-state index is 12.1. The fraction of sp³-hybridized carbons (Fsp3) is 0.250. The van der Waals surface area contributed by atoms with Crippen molar-refractivity contribution in [2.45, 2.75) is 32.1 Å². The highest BCUT2D eigenvalue weighted by Gasteiger charge is 2.28. The number of carbonyl (C=O) groups is 1. The minimum atomic E-state index is -0.998. The molecule has 0 fully saturated rings. The van der Waals surface area contributed by atoms with Crippen LogP contribution in [-0.2, 0) is 17.6 Å². The SMILES string of the molecule is CCCc1nc(-c2cccnc2)nn2c(C(Cc3cccnc3)C(=O)O)nnc12. The van der Waals surface area contributed by atoms with E-state index >= 15 is 0 Å². The van der Waals surface area contributed by atoms with Crippen LogP contribution >= 0.6 is 0 Å². The summed E-state index contributed by atoms with van der Waals surface area (Å²) in [7, 11) is 0. The molecule has 1 atom stereocenters. The molecule has 0 aliphatic rings. The summed E-state index contributed by atoms with van der Waals surface area (Å²) in [5.74, 6) is -1.19. The highest BCUT2D eigenvalue weighted by Crippen LogP contribution is 2.23. The minimum absolute atomic E-state index is 0.235. The first-order valence-electron chi connectivity index (χ1n) is 9.31. The lowest BCUT2D eigenvalue weighted by molar-refractivity contribution is -0.139. The topological polar surface area (TPSA) is 119 Å². The molecule has 0 saturated carbocycles. The second kappa shape index (κ2) is 8.09. The lowest BCUT2D eigenvalue weighted by Crippen LogP contribution is -2.19. The Kier molecular flexibility index (Phi) is 5.19. The van der Waals surface area contributed by atoms with Gasteiger partial charge < -0.3 is 5.11 Å². The predicted octanol–water partition coefficient (Wildman–Crippen LogP) is 2.34. The van der Waals surface area contributed by atoms with E-state index in [1.54, 1.807) is 36.9 Å². The van der Waals surface area contributed by atoms with Crippen LogP contribution < -0.4 is 0 Å². The monoisotopic (exact) mass is 389 g/mol. The number of hydrogen-bond donors (Lipinski definition) is 1. The predicted molar refractivity (Wildman–Crippen MR) is 104 cm³/mol. The largest absolute Gasteiger partial charge is 0.481 e. The number of rotatable bonds is 7. The van der Waals surface area contributed by atoms with Crippen LogP contribution in [0.2, 0.25) is 0 Å². The number of pyridine rings is 2. The molecule has 0 saturated heterocycles. The lowest BCUT2D eigenvalue weighted by atomic mass is 10.00. The van der Waals surface area contributed by atoms with Crippen LogP contribution in [-0.4, -0.2) is 45.8 Å². The summed E-state index contributed by atoms with van der Waals surface area (Å²) in [5, 5.41) is 22.8. The van der Waals surface area contributed by atoms with Crippen molar-refractivity contribution in [1.82, 2.24) is 34.8 Å². The second-order valence-electron chi connectivity index (χ2n) is 6.62. The molecule has 9 nitrogen and oxygen atoms in total. The molecule has 0 aliphatic carbocycles. The molecule has 29 heavy (non-hydrogen) atoms. The number of aryl methyl sites for hydroxylation is 1. The van der Waals surface area contributed by atoms with Crippen molar-refractivity contribution in [3.05, 3.63) is 66.1 Å². The van der Waals surface area contributed by atoms with Crippen molar-refractivity contribution in [3.63, 3.8) is 0 Å². The van der Waals surface area contributed by atoms with E-state index in [4.69, 9.17) is 0 Å². The molecule has 1 unspecified atom stereocenters. The Morgan fingerprint density at radius 2 is 1.93 bits per heavy atom. The molecule has 0 spiro atoms. The molecule has 4 rings (SSSR count). The first-order valence-corrected chi connectivity index (χ1v) is 9.31. The Labute approximate surface area is 166 Å². The standard InChI is InChI=1S/C20H19N7O2/c1-2-5-16-19-25-24-18(15(20(28)29)10-13-6-3-8-21-11-13)27(19)26-17(23-16)14-7-4-9-22-12-14/h3-4,6-9,11-12,15H,2,5,10H2,1H3,(H,28,29). The van der Waals surface area contributed by atoms with Gasteiger partial charge in [-0.3, -0.25) is 14.8 Å². The van der Waals surface area contributed by atoms with Crippen LogP contribution in [0.5, 0.6) is 0 Å². The fourth-order valence-electron chi connectivity index (χ4n) is 3.15. The van der Waals surface area contributed by atoms with E-state index in [1.807, 2.05) is 19.1 Å². The molecule has 4 aromatic rings. The van der Waals surface area contributed by atoms with Gasteiger partial charge >= 0.3 is 5.97 Å². The molecule has 0 bridgehead atoms. The normalized spacial score (nSPS) is 12.2. The van der Waals surface area contributed by atoms with Crippen molar-refractivity contribution in [2.24, 2.45) is 0 Å². The third-order valence-corrected chi connectivity index (χ3v) is 4.54. The van der Waals surface area contributed by atoms with Crippen molar-refractivity contribution in [1.29, 1.82) is 0 Å². The summed E-state index contributed by atoms with van der Waals surface area (Å²) in [4.78, 5) is 24.9. The van der Waals surface area contributed by atoms with E-state index in [9.17, 15) is 9.90 Å². The Hall–Kier alpha value is -3.75. The van der Waals surface area contributed by atoms with E-state index in [-0.39, 0.29) is 12.2 Å². The maximum absolute atomic E-state index is 12.1. The van der Waals surface area contributed by atoms with Gasteiger partial charge in [0.25, 0.3) is 0 Å². The van der Waals surface area contributed by atoms with Crippen molar-refractivity contribution >= 4 is 11.6 Å². The van der Waals surface area contributed by atoms with Crippen LogP contribution in [0.1, 0.15) is 36.3 Å². The number of aromatic nitrogens is 7. The van der Waals surface area contributed by atoms with E-state index in [0.29, 0.717) is 17.9 Å². The van der Waals surface area contributed by atoms with Crippen LogP contribution in [0.25, 0.3) is 17.0 Å². The number of carboxylic acid groups (broad SMARTS) is 1. The average molecular weight is 389 g/mol. The molecule has 4 aromatic heterocycles. The quantitative estimate of drug-likeness (QED) is 0.511. The van der Waals surface area contributed by atoms with E-state index in [0.717, 1.165) is 23.2 Å². The highest BCUT2D eigenvalue weighted by atomic mass is 16.4. The molecule has 0 amide bonds. The van der Waals surface area contributed by atoms with Crippen molar-refractivity contribution in [3.8, 4) is 11.4 Å². The number of aliphatic carboxylic acids is 1. The smallest absolute Gasteiger partial charge is 0.314 e. The van der Waals surface area contributed by atoms with Gasteiger partial charge in [-0.05, 0) is 36.6 Å². The Bertz CT molecular complexity index is 1130. The van der Waals surface area contributed by atoms with Crippen LogP contribution in [0.4, 0.5) is 0 Å². The Morgan fingerprint density at radius 3 is 2.59 bits per heavy atom. The van der Waals surface area contributed by atoms with Gasteiger partial charge in [0.2, 0.25) is 0 Å². The van der Waals surface area contributed by atoms with Gasteiger partial charge in [-0.2, -0.15) is 4.52 Å². The summed E-state index contributed by atoms with van der Waals surface area (Å²) in [6.45, 7) is 2.04. The molecule has 0 aliphatic heterocycles. The highest BCUT2D eigenvalue weighted by molar-refractivity contribution is 5.75. The average Bonchev–Trinajstić information content (AvgIpc) is 3.17. The van der Waals surface area contributed by atoms with E-state index in [2.05, 4.69) is 30.2 Å². The molecule has 1 N–H and O–H groups in total. The van der Waals surface area contributed by atoms with Gasteiger partial charge in [-0.15, -0.1) is 15.3 Å². The molecule has 0 radical (unpaired) electrons. The molecule has 0 aromatic carbocycles. The van der Waals surface area contributed by atoms with Crippen LogP contribution in [0.15, 0.2) is 49.1 Å². The second-order valence-corrected chi connectivity index (χ2v) is 6.62. The Morgan fingerprint density at radius 1 is 1.14 bits per heavy atom. The van der Waals surface area contributed by atoms with Gasteiger partial charge in [-0.25, -0.2) is 4.98 Å². The molecule has 9 heteroatoms. The zero-order valence-electron chi connectivity index (χ0n) is 15.8. The molecule has 146 valence electrons. The summed E-state index contributed by atoms with van der Waals surface area (Å²) in [5.41, 5.74) is 2.75. The van der Waals surface area contributed by atoms with Crippen molar-refractivity contribution < 1.29 is 9.90 Å². The summed E-state index contributed by atoms with van der Waals surface area (Å²) in [6.07, 6.45) is 8.42. The number of nitrogens with zero attached hydrogens (tertiary/aromatic N) is 7. The summed E-state index contributed by atoms with van der Waals surface area (Å²) < 4.78 is 1.51. The summed E-state index contributed by atoms with van der Waals surface area (Å²) in [6, 6.07) is 7.28. The molecular formula is C20H19N7O2. The van der Waals surface area contributed by atoms with Gasteiger partial charge in [0.1, 0.15) is 5.92 Å². The summed E-state index contributed by atoms with van der Waals surface area (Å²) >= 11 is 0. The first kappa shape index (κ1) is 18.6. The number of hydrogen-bond acceptors (Lipinski definition) is 7. The molecule has 4 heterocycles. The maximum Gasteiger partial charge on any atom is 0.314 e. The zero-order valence-corrected chi connectivity index (χ0v) is 15.8. The van der Waals surface area contributed by atoms with E-state index < -0.39 is 11.9 Å². The first-order chi connectivity index (χ1) is 14.2. The Balaban J connectivity index is 1.85. The van der Waals surface area contributed by atoms with Gasteiger partial charge in [0.05, 0.1) is 5.69 Å². The number of carboxylic acids is 1. The van der Waals surface area contributed by atoms with Crippen LogP contribution in [0.3, 0.4) is 0 Å². The van der Waals surface area contributed by atoms with E-state index in [1.165, 1.54) is 4.52 Å². The third kappa shape index (κ3) is 3.79. The molecular weight excluding hydrogens is 370 g/mol. The number of fused-ring (bicyclic) bond motifs is 1. The van der Waals surface area contributed by atoms with Crippen molar-refractivity contribution in [2.75, 3.05) is 0 Å². The van der Waals surface area contributed by atoms with Gasteiger partial charge in [0, 0.05) is 30.4 Å².